The lowest BCUT2D eigenvalue weighted by molar-refractivity contribution is 0.374. The first-order valence-electron chi connectivity index (χ1n) is 9.91. The van der Waals surface area contributed by atoms with Crippen LogP contribution in [0.3, 0.4) is 0 Å². The predicted molar refractivity (Wildman–Crippen MR) is 115 cm³/mol. The molecule has 0 bridgehead atoms. The summed E-state index contributed by atoms with van der Waals surface area (Å²) in [5.74, 6) is 0.838. The maximum Gasteiger partial charge on any atom is 0.246 e. The Bertz CT molecular complexity index is 952. The van der Waals surface area contributed by atoms with Crippen LogP contribution in [0.1, 0.15) is 43.0 Å². The quantitative estimate of drug-likeness (QED) is 0.681. The number of aromatic nitrogens is 2. The minimum absolute atomic E-state index is 0.108. The van der Waals surface area contributed by atoms with Crippen molar-refractivity contribution in [3.63, 3.8) is 0 Å². The Labute approximate surface area is 180 Å². The van der Waals surface area contributed by atoms with Gasteiger partial charge in [0.05, 0.1) is 7.11 Å². The van der Waals surface area contributed by atoms with Crippen molar-refractivity contribution in [3.8, 4) is 5.75 Å². The van der Waals surface area contributed by atoms with E-state index < -0.39 is 10.0 Å². The van der Waals surface area contributed by atoms with Gasteiger partial charge >= 0.3 is 0 Å². The van der Waals surface area contributed by atoms with Crippen molar-refractivity contribution in [3.05, 3.63) is 28.2 Å². The molecule has 4 rings (SSSR count). The van der Waals surface area contributed by atoms with Crippen LogP contribution in [0, 0.1) is 0 Å². The number of sulfonamides is 1. The fourth-order valence-electron chi connectivity index (χ4n) is 3.98. The van der Waals surface area contributed by atoms with E-state index in [1.807, 2.05) is 0 Å². The van der Waals surface area contributed by atoms with Crippen molar-refractivity contribution in [2.75, 3.05) is 38.2 Å². The zero-order valence-corrected chi connectivity index (χ0v) is 18.8. The van der Waals surface area contributed by atoms with Gasteiger partial charge in [-0.3, -0.25) is 0 Å². The summed E-state index contributed by atoms with van der Waals surface area (Å²) in [4.78, 5) is 2.24. The minimum atomic E-state index is -3.68. The van der Waals surface area contributed by atoms with Gasteiger partial charge in [0.2, 0.25) is 15.2 Å². The number of nitrogens with zero attached hydrogens (tertiary/aromatic N) is 4. The van der Waals surface area contributed by atoms with E-state index in [9.17, 15) is 8.42 Å². The molecule has 0 N–H and O–H groups in total. The van der Waals surface area contributed by atoms with Crippen LogP contribution in [0.25, 0.3) is 0 Å². The molecule has 0 radical (unpaired) electrons. The van der Waals surface area contributed by atoms with E-state index >= 15 is 0 Å². The zero-order valence-electron chi connectivity index (χ0n) is 16.4. The van der Waals surface area contributed by atoms with Gasteiger partial charge in [0.1, 0.15) is 15.7 Å². The smallest absolute Gasteiger partial charge is 0.246 e. The highest BCUT2D eigenvalue weighted by Gasteiger charge is 2.32. The topological polar surface area (TPSA) is 75.6 Å². The summed E-state index contributed by atoms with van der Waals surface area (Å²) in [6.45, 7) is 1.94. The van der Waals surface area contributed by atoms with Crippen molar-refractivity contribution in [2.24, 2.45) is 0 Å². The summed E-state index contributed by atoms with van der Waals surface area (Å²) in [6.07, 6.45) is 6.24. The molecule has 1 aromatic heterocycles. The summed E-state index contributed by atoms with van der Waals surface area (Å²) in [7, 11) is -2.22. The van der Waals surface area contributed by atoms with Crippen LogP contribution < -0.4 is 9.64 Å². The molecule has 2 fully saturated rings. The highest BCUT2D eigenvalue weighted by molar-refractivity contribution is 7.89. The number of hydrogen-bond acceptors (Lipinski definition) is 7. The monoisotopic (exact) mass is 456 g/mol. The highest BCUT2D eigenvalue weighted by atomic mass is 35.5. The van der Waals surface area contributed by atoms with Crippen LogP contribution in [0.5, 0.6) is 5.75 Å². The Kier molecular flexibility index (Phi) is 6.29. The van der Waals surface area contributed by atoms with Gasteiger partial charge in [-0.2, -0.15) is 4.31 Å². The molecule has 0 spiro atoms. The fourth-order valence-corrected chi connectivity index (χ4v) is 6.88. The zero-order chi connectivity index (χ0) is 20.4. The van der Waals surface area contributed by atoms with Gasteiger partial charge in [-0.05, 0) is 31.0 Å². The van der Waals surface area contributed by atoms with Gasteiger partial charge in [-0.15, -0.1) is 10.2 Å². The van der Waals surface area contributed by atoms with E-state index in [-0.39, 0.29) is 4.90 Å². The maximum atomic E-state index is 13.1. The van der Waals surface area contributed by atoms with E-state index in [4.69, 9.17) is 16.3 Å². The molecule has 1 aromatic carbocycles. The molecule has 1 saturated carbocycles. The number of piperazine rings is 1. The number of rotatable bonds is 5. The third kappa shape index (κ3) is 4.38. The second-order valence-electron chi connectivity index (χ2n) is 7.44. The summed E-state index contributed by atoms with van der Waals surface area (Å²) in [5, 5.41) is 11.2. The highest BCUT2D eigenvalue weighted by Crippen LogP contribution is 2.36. The number of hydrogen-bond donors (Lipinski definition) is 0. The first-order chi connectivity index (χ1) is 14.0. The molecular weight excluding hydrogens is 432 g/mol. The van der Waals surface area contributed by atoms with Crippen LogP contribution in [-0.4, -0.2) is 56.2 Å². The lowest BCUT2D eigenvalue weighted by Gasteiger charge is -2.33. The lowest BCUT2D eigenvalue weighted by Crippen LogP contribution is -2.48. The molecular formula is C19H25ClN4O3S2. The molecule has 158 valence electrons. The SMILES string of the molecule is COc1ccc(Cl)cc1S(=O)(=O)N1CCN(c2nnc(C3CCCCC3)s2)CC1. The molecule has 10 heteroatoms. The number of anilines is 1. The Hall–Kier alpha value is -1.42. The van der Waals surface area contributed by atoms with Gasteiger partial charge in [0.15, 0.2) is 0 Å². The van der Waals surface area contributed by atoms with E-state index in [0.717, 1.165) is 10.1 Å². The van der Waals surface area contributed by atoms with E-state index in [1.165, 1.54) is 49.6 Å². The number of ether oxygens (including phenoxy) is 1. The summed E-state index contributed by atoms with van der Waals surface area (Å²) in [6, 6.07) is 4.65. The first kappa shape index (κ1) is 20.8. The molecule has 0 atom stereocenters. The fraction of sp³-hybridized carbons (Fsp3) is 0.579. The Morgan fingerprint density at radius 1 is 1.10 bits per heavy atom. The molecule has 29 heavy (non-hydrogen) atoms. The van der Waals surface area contributed by atoms with Gasteiger partial charge in [-0.1, -0.05) is 42.2 Å². The van der Waals surface area contributed by atoms with E-state index in [2.05, 4.69) is 15.1 Å². The Balaban J connectivity index is 1.44. The number of methoxy groups -OCH3 is 1. The van der Waals surface area contributed by atoms with Crippen molar-refractivity contribution >= 4 is 38.1 Å². The second-order valence-corrected chi connectivity index (χ2v) is 10.8. The van der Waals surface area contributed by atoms with Crippen molar-refractivity contribution in [1.82, 2.24) is 14.5 Å². The third-order valence-corrected chi connectivity index (χ3v) is 8.94. The molecule has 1 saturated heterocycles. The molecule has 1 aliphatic heterocycles. The van der Waals surface area contributed by atoms with Gasteiger partial charge in [0.25, 0.3) is 0 Å². The number of halogens is 1. The van der Waals surface area contributed by atoms with Crippen molar-refractivity contribution in [1.29, 1.82) is 0 Å². The summed E-state index contributed by atoms with van der Waals surface area (Å²) in [5.41, 5.74) is 0. The molecule has 1 aliphatic carbocycles. The molecule has 0 unspecified atom stereocenters. The summed E-state index contributed by atoms with van der Waals surface area (Å²) >= 11 is 7.69. The van der Waals surface area contributed by atoms with Crippen LogP contribution in [0.4, 0.5) is 5.13 Å². The normalized spacial score (nSPS) is 19.4. The minimum Gasteiger partial charge on any atom is -0.495 e. The van der Waals surface area contributed by atoms with Crippen LogP contribution in [0.15, 0.2) is 23.1 Å². The first-order valence-corrected chi connectivity index (χ1v) is 12.5. The average molecular weight is 457 g/mol. The molecule has 2 heterocycles. The van der Waals surface area contributed by atoms with Crippen LogP contribution in [-0.2, 0) is 10.0 Å². The number of benzene rings is 1. The molecule has 7 nitrogen and oxygen atoms in total. The van der Waals surface area contributed by atoms with E-state index in [1.54, 1.807) is 23.5 Å². The van der Waals surface area contributed by atoms with Gasteiger partial charge in [-0.25, -0.2) is 8.42 Å². The molecule has 2 aliphatic rings. The van der Waals surface area contributed by atoms with Crippen LogP contribution >= 0.6 is 22.9 Å². The van der Waals surface area contributed by atoms with Gasteiger partial charge < -0.3 is 9.64 Å². The Morgan fingerprint density at radius 2 is 1.83 bits per heavy atom. The standard InChI is InChI=1S/C19H25ClN4O3S2/c1-27-16-8-7-15(20)13-17(16)29(25,26)24-11-9-23(10-12-24)19-22-21-18(28-19)14-5-3-2-4-6-14/h7-8,13-14H,2-6,9-12H2,1H3. The van der Waals surface area contributed by atoms with E-state index in [0.29, 0.717) is 42.9 Å². The summed E-state index contributed by atoms with van der Waals surface area (Å²) < 4.78 is 33.0. The maximum absolute atomic E-state index is 13.1. The van der Waals surface area contributed by atoms with Crippen molar-refractivity contribution < 1.29 is 13.2 Å². The second kappa shape index (κ2) is 8.75. The largest absolute Gasteiger partial charge is 0.495 e. The molecule has 0 amide bonds. The predicted octanol–water partition coefficient (Wildman–Crippen LogP) is 3.76. The molecule has 2 aromatic rings. The average Bonchev–Trinajstić information content (AvgIpc) is 3.25. The third-order valence-electron chi connectivity index (χ3n) is 5.64. The van der Waals surface area contributed by atoms with Crippen LogP contribution in [0.2, 0.25) is 5.02 Å². The lowest BCUT2D eigenvalue weighted by atomic mass is 9.90. The van der Waals surface area contributed by atoms with Gasteiger partial charge in [0, 0.05) is 37.1 Å². The van der Waals surface area contributed by atoms with Crippen molar-refractivity contribution in [2.45, 2.75) is 42.9 Å². The Morgan fingerprint density at radius 3 is 2.52 bits per heavy atom.